The third-order valence-corrected chi connectivity index (χ3v) is 3.60. The van der Waals surface area contributed by atoms with Crippen LogP contribution in [0.3, 0.4) is 0 Å². The molecule has 0 bridgehead atoms. The summed E-state index contributed by atoms with van der Waals surface area (Å²) in [6.07, 6.45) is 6.23. The molecule has 4 heteroatoms. The molecule has 17 heavy (non-hydrogen) atoms. The van der Waals surface area contributed by atoms with Crippen LogP contribution in [0.4, 0.5) is 5.82 Å². The van der Waals surface area contributed by atoms with Crippen molar-refractivity contribution in [1.82, 2.24) is 9.97 Å². The maximum atomic E-state index is 6.08. The lowest BCUT2D eigenvalue weighted by molar-refractivity contribution is 0.686. The summed E-state index contributed by atoms with van der Waals surface area (Å²) in [6.45, 7) is 4.98. The smallest absolute Gasteiger partial charge is 0.137 e. The number of nitrogens with zero attached hydrogens (tertiary/aromatic N) is 2. The third-order valence-electron chi connectivity index (χ3n) is 3.23. The summed E-state index contributed by atoms with van der Waals surface area (Å²) in [6, 6.07) is 0. The van der Waals surface area contributed by atoms with Crippen molar-refractivity contribution >= 4 is 17.4 Å². The highest BCUT2D eigenvalue weighted by Crippen LogP contribution is 2.33. The molecule has 1 fully saturated rings. The first-order valence-corrected chi connectivity index (χ1v) is 6.85. The summed E-state index contributed by atoms with van der Waals surface area (Å²) < 4.78 is 0. The molecule has 0 amide bonds. The zero-order valence-electron chi connectivity index (χ0n) is 10.6. The van der Waals surface area contributed by atoms with Crippen LogP contribution in [0.1, 0.15) is 44.0 Å². The molecule has 3 nitrogen and oxygen atoms in total. The van der Waals surface area contributed by atoms with E-state index in [0.29, 0.717) is 5.15 Å². The van der Waals surface area contributed by atoms with Crippen molar-refractivity contribution in [2.24, 2.45) is 5.92 Å². The van der Waals surface area contributed by atoms with Gasteiger partial charge in [-0.15, -0.1) is 0 Å². The second-order valence-corrected chi connectivity index (χ2v) is 5.13. The number of aryl methyl sites for hydroxylation is 1. The Bertz CT molecular complexity index is 388. The topological polar surface area (TPSA) is 37.8 Å². The minimum Gasteiger partial charge on any atom is -0.370 e. The molecule has 1 heterocycles. The molecule has 1 aliphatic rings. The summed E-state index contributed by atoms with van der Waals surface area (Å²) in [5.74, 6) is 2.71. The van der Waals surface area contributed by atoms with E-state index >= 15 is 0 Å². The van der Waals surface area contributed by atoms with E-state index in [-0.39, 0.29) is 0 Å². The Morgan fingerprint density at radius 1 is 1.35 bits per heavy atom. The van der Waals surface area contributed by atoms with Gasteiger partial charge in [0.25, 0.3) is 0 Å². The van der Waals surface area contributed by atoms with E-state index < -0.39 is 0 Å². The molecule has 0 unspecified atom stereocenters. The molecule has 1 saturated carbocycles. The molecule has 0 spiro atoms. The van der Waals surface area contributed by atoms with E-state index in [1.807, 2.05) is 13.8 Å². The molecule has 1 aliphatic carbocycles. The fourth-order valence-corrected chi connectivity index (χ4v) is 2.05. The fourth-order valence-electron chi connectivity index (χ4n) is 1.87. The van der Waals surface area contributed by atoms with Crippen LogP contribution in [0.5, 0.6) is 0 Å². The summed E-state index contributed by atoms with van der Waals surface area (Å²) in [5.41, 5.74) is 0.954. The Hall–Kier alpha value is -0.830. The standard InChI is InChI=1S/C13H20ClN3/c1-3-11-16-12(14)9(2)13(17-11)15-8-4-5-10-6-7-10/h10H,3-8H2,1-2H3,(H,15,16,17). The van der Waals surface area contributed by atoms with Gasteiger partial charge >= 0.3 is 0 Å². The predicted molar refractivity (Wildman–Crippen MR) is 71.6 cm³/mol. The van der Waals surface area contributed by atoms with Crippen molar-refractivity contribution in [3.05, 3.63) is 16.5 Å². The highest BCUT2D eigenvalue weighted by Gasteiger charge is 2.20. The predicted octanol–water partition coefficient (Wildman–Crippen LogP) is 3.60. The van der Waals surface area contributed by atoms with Gasteiger partial charge in [-0.1, -0.05) is 31.4 Å². The van der Waals surface area contributed by atoms with Crippen molar-refractivity contribution in [3.8, 4) is 0 Å². The van der Waals surface area contributed by atoms with Crippen molar-refractivity contribution in [2.75, 3.05) is 11.9 Å². The van der Waals surface area contributed by atoms with Gasteiger partial charge in [0.15, 0.2) is 0 Å². The van der Waals surface area contributed by atoms with Gasteiger partial charge < -0.3 is 5.32 Å². The van der Waals surface area contributed by atoms with Crippen LogP contribution >= 0.6 is 11.6 Å². The van der Waals surface area contributed by atoms with Crippen LogP contribution in [-0.4, -0.2) is 16.5 Å². The van der Waals surface area contributed by atoms with Crippen LogP contribution in [0.25, 0.3) is 0 Å². The average molecular weight is 254 g/mol. The maximum Gasteiger partial charge on any atom is 0.137 e. The summed E-state index contributed by atoms with van der Waals surface area (Å²) in [7, 11) is 0. The fraction of sp³-hybridized carbons (Fsp3) is 0.692. The lowest BCUT2D eigenvalue weighted by Gasteiger charge is -2.10. The van der Waals surface area contributed by atoms with Gasteiger partial charge in [-0.05, 0) is 25.7 Å². The number of rotatable bonds is 6. The van der Waals surface area contributed by atoms with E-state index in [9.17, 15) is 0 Å². The van der Waals surface area contributed by atoms with Gasteiger partial charge in [0, 0.05) is 18.5 Å². The average Bonchev–Trinajstić information content (AvgIpc) is 3.13. The molecule has 0 atom stereocenters. The van der Waals surface area contributed by atoms with Crippen LogP contribution in [0.2, 0.25) is 5.15 Å². The summed E-state index contributed by atoms with van der Waals surface area (Å²) in [4.78, 5) is 8.71. The van der Waals surface area contributed by atoms with Crippen LogP contribution in [-0.2, 0) is 6.42 Å². The van der Waals surface area contributed by atoms with Crippen LogP contribution < -0.4 is 5.32 Å². The molecule has 0 saturated heterocycles. The Kier molecular flexibility index (Phi) is 4.21. The van der Waals surface area contributed by atoms with E-state index in [1.54, 1.807) is 0 Å². The minimum atomic E-state index is 0.571. The molecule has 0 radical (unpaired) electrons. The van der Waals surface area contributed by atoms with E-state index in [2.05, 4.69) is 15.3 Å². The molecule has 94 valence electrons. The molecular formula is C13H20ClN3. The lowest BCUT2D eigenvalue weighted by atomic mass is 10.2. The van der Waals surface area contributed by atoms with E-state index in [1.165, 1.54) is 25.7 Å². The van der Waals surface area contributed by atoms with Crippen molar-refractivity contribution in [1.29, 1.82) is 0 Å². The number of hydrogen-bond donors (Lipinski definition) is 1. The largest absolute Gasteiger partial charge is 0.370 e. The van der Waals surface area contributed by atoms with Gasteiger partial charge in [0.1, 0.15) is 16.8 Å². The highest BCUT2D eigenvalue weighted by molar-refractivity contribution is 6.30. The zero-order chi connectivity index (χ0) is 12.3. The number of nitrogens with one attached hydrogen (secondary N) is 1. The maximum absolute atomic E-state index is 6.08. The Morgan fingerprint density at radius 3 is 2.76 bits per heavy atom. The molecule has 0 aliphatic heterocycles. The van der Waals surface area contributed by atoms with Crippen molar-refractivity contribution in [3.63, 3.8) is 0 Å². The Balaban J connectivity index is 1.90. The molecule has 0 aromatic carbocycles. The van der Waals surface area contributed by atoms with E-state index in [0.717, 1.165) is 36.1 Å². The Morgan fingerprint density at radius 2 is 2.12 bits per heavy atom. The first kappa shape index (κ1) is 12.6. The quantitative estimate of drug-likeness (QED) is 0.622. The monoisotopic (exact) mass is 253 g/mol. The first-order valence-electron chi connectivity index (χ1n) is 6.47. The molecule has 2 rings (SSSR count). The molecule has 1 N–H and O–H groups in total. The number of halogens is 1. The van der Waals surface area contributed by atoms with Crippen LogP contribution in [0.15, 0.2) is 0 Å². The Labute approximate surface area is 108 Å². The lowest BCUT2D eigenvalue weighted by Crippen LogP contribution is -2.08. The van der Waals surface area contributed by atoms with Gasteiger partial charge in [0.2, 0.25) is 0 Å². The minimum absolute atomic E-state index is 0.571. The third kappa shape index (κ3) is 3.56. The van der Waals surface area contributed by atoms with Gasteiger partial charge in [0.05, 0.1) is 0 Å². The van der Waals surface area contributed by atoms with Gasteiger partial charge in [-0.3, -0.25) is 0 Å². The number of anilines is 1. The molecule has 1 aromatic rings. The normalized spacial score (nSPS) is 15.0. The summed E-state index contributed by atoms with van der Waals surface area (Å²) in [5, 5.41) is 3.95. The zero-order valence-corrected chi connectivity index (χ0v) is 11.3. The number of aromatic nitrogens is 2. The van der Waals surface area contributed by atoms with Crippen molar-refractivity contribution in [2.45, 2.75) is 46.0 Å². The second-order valence-electron chi connectivity index (χ2n) is 4.77. The number of hydrogen-bond acceptors (Lipinski definition) is 3. The van der Waals surface area contributed by atoms with Gasteiger partial charge in [-0.2, -0.15) is 0 Å². The first-order chi connectivity index (χ1) is 8.20. The van der Waals surface area contributed by atoms with Crippen LogP contribution in [0, 0.1) is 12.8 Å². The molecular weight excluding hydrogens is 234 g/mol. The summed E-state index contributed by atoms with van der Waals surface area (Å²) >= 11 is 6.08. The van der Waals surface area contributed by atoms with Crippen molar-refractivity contribution < 1.29 is 0 Å². The van der Waals surface area contributed by atoms with Gasteiger partial charge in [-0.25, -0.2) is 9.97 Å². The second kappa shape index (κ2) is 5.67. The highest BCUT2D eigenvalue weighted by atomic mass is 35.5. The SMILES string of the molecule is CCc1nc(Cl)c(C)c(NCCCC2CC2)n1. The molecule has 1 aromatic heterocycles. The van der Waals surface area contributed by atoms with E-state index in [4.69, 9.17) is 11.6 Å².